The van der Waals surface area contributed by atoms with Crippen LogP contribution in [0.2, 0.25) is 5.02 Å². The lowest BCUT2D eigenvalue weighted by atomic mass is 9.74. The zero-order valence-electron chi connectivity index (χ0n) is 13.4. The second-order valence-electron chi connectivity index (χ2n) is 6.79. The number of rotatable bonds is 4. The maximum atomic E-state index is 12.5. The summed E-state index contributed by atoms with van der Waals surface area (Å²) in [5.74, 6) is 0.0473. The van der Waals surface area contributed by atoms with Gasteiger partial charge in [0.1, 0.15) is 0 Å². The molecule has 126 valence electrons. The molecule has 1 aromatic rings. The molecule has 1 aliphatic heterocycles. The van der Waals surface area contributed by atoms with Crippen LogP contribution in [-0.2, 0) is 14.9 Å². The van der Waals surface area contributed by atoms with Crippen molar-refractivity contribution >= 4 is 17.5 Å². The van der Waals surface area contributed by atoms with E-state index in [0.29, 0.717) is 19.8 Å². The number of nitrogens with two attached hydrogens (primary N) is 1. The molecule has 1 saturated heterocycles. The van der Waals surface area contributed by atoms with E-state index >= 15 is 0 Å². The molecule has 5 heteroatoms. The summed E-state index contributed by atoms with van der Waals surface area (Å²) in [6, 6.07) is 7.94. The van der Waals surface area contributed by atoms with Crippen LogP contribution in [0.3, 0.4) is 0 Å². The van der Waals surface area contributed by atoms with Crippen molar-refractivity contribution < 1.29 is 9.53 Å². The van der Waals surface area contributed by atoms with E-state index < -0.39 is 0 Å². The molecule has 0 bridgehead atoms. The quantitative estimate of drug-likeness (QED) is 0.888. The third kappa shape index (κ3) is 3.54. The fraction of sp³-hybridized carbons (Fsp3) is 0.611. The van der Waals surface area contributed by atoms with Crippen molar-refractivity contribution in [2.75, 3.05) is 19.8 Å². The Morgan fingerprint density at radius 2 is 2.04 bits per heavy atom. The molecule has 1 aromatic carbocycles. The molecule has 0 aromatic heterocycles. The molecule has 1 saturated carbocycles. The lowest BCUT2D eigenvalue weighted by Crippen LogP contribution is -2.47. The maximum absolute atomic E-state index is 12.5. The van der Waals surface area contributed by atoms with Crippen LogP contribution in [0.5, 0.6) is 0 Å². The van der Waals surface area contributed by atoms with E-state index in [1.54, 1.807) is 0 Å². The van der Waals surface area contributed by atoms with Gasteiger partial charge in [-0.3, -0.25) is 4.79 Å². The van der Waals surface area contributed by atoms with Crippen LogP contribution in [0, 0.1) is 5.92 Å². The Kier molecular flexibility index (Phi) is 5.24. The highest BCUT2D eigenvalue weighted by Crippen LogP contribution is 2.38. The number of amides is 1. The van der Waals surface area contributed by atoms with Crippen molar-refractivity contribution in [2.24, 2.45) is 11.7 Å². The normalized spacial score (nSPS) is 26.9. The number of hydrogen-bond donors (Lipinski definition) is 2. The first-order valence-corrected chi connectivity index (χ1v) is 8.86. The van der Waals surface area contributed by atoms with Gasteiger partial charge in [0.05, 0.1) is 5.92 Å². The minimum Gasteiger partial charge on any atom is -0.381 e. The molecule has 3 rings (SSSR count). The van der Waals surface area contributed by atoms with Gasteiger partial charge >= 0.3 is 0 Å². The molecule has 1 aliphatic carbocycles. The molecule has 3 N–H and O–H groups in total. The summed E-state index contributed by atoms with van der Waals surface area (Å²) in [7, 11) is 0. The summed E-state index contributed by atoms with van der Waals surface area (Å²) in [5.41, 5.74) is 7.02. The lowest BCUT2D eigenvalue weighted by Gasteiger charge is -2.38. The van der Waals surface area contributed by atoms with Crippen LogP contribution in [-0.4, -0.2) is 31.7 Å². The summed E-state index contributed by atoms with van der Waals surface area (Å²) in [6.07, 6.45) is 4.63. The van der Waals surface area contributed by atoms with Gasteiger partial charge in [-0.1, -0.05) is 36.2 Å². The Morgan fingerprint density at radius 3 is 2.70 bits per heavy atom. The summed E-state index contributed by atoms with van der Waals surface area (Å²) >= 11 is 6.44. The predicted octanol–water partition coefficient (Wildman–Crippen LogP) is 2.63. The SMILES string of the molecule is N[C@H]1CCC[C@@H]1C(=O)NCC1(c2ccccc2Cl)CCOCC1. The van der Waals surface area contributed by atoms with Crippen LogP contribution in [0.15, 0.2) is 24.3 Å². The van der Waals surface area contributed by atoms with Crippen LogP contribution < -0.4 is 11.1 Å². The minimum atomic E-state index is -0.144. The van der Waals surface area contributed by atoms with Crippen molar-refractivity contribution in [3.05, 3.63) is 34.9 Å². The molecule has 2 fully saturated rings. The second-order valence-corrected chi connectivity index (χ2v) is 7.20. The van der Waals surface area contributed by atoms with Crippen LogP contribution in [0.1, 0.15) is 37.7 Å². The number of carbonyl (C=O) groups excluding carboxylic acids is 1. The zero-order chi connectivity index (χ0) is 16.3. The first kappa shape index (κ1) is 16.7. The monoisotopic (exact) mass is 336 g/mol. The largest absolute Gasteiger partial charge is 0.381 e. The highest BCUT2D eigenvalue weighted by Gasteiger charge is 2.38. The number of benzene rings is 1. The number of carbonyl (C=O) groups is 1. The van der Waals surface area contributed by atoms with Gasteiger partial charge in [0.25, 0.3) is 0 Å². The highest BCUT2D eigenvalue weighted by atomic mass is 35.5. The molecular formula is C18H25ClN2O2. The Balaban J connectivity index is 1.75. The van der Waals surface area contributed by atoms with Gasteiger partial charge in [-0.05, 0) is 37.3 Å². The molecule has 0 spiro atoms. The summed E-state index contributed by atoms with van der Waals surface area (Å²) in [5, 5.41) is 3.92. The van der Waals surface area contributed by atoms with Crippen molar-refractivity contribution in [3.8, 4) is 0 Å². The Morgan fingerprint density at radius 1 is 1.30 bits per heavy atom. The Bertz CT molecular complexity index is 558. The van der Waals surface area contributed by atoms with Crippen LogP contribution in [0.25, 0.3) is 0 Å². The maximum Gasteiger partial charge on any atom is 0.224 e. The molecule has 0 unspecified atom stereocenters. The number of ether oxygens (including phenoxy) is 1. The third-order valence-electron chi connectivity index (χ3n) is 5.40. The first-order valence-electron chi connectivity index (χ1n) is 8.48. The van der Waals surface area contributed by atoms with Crippen LogP contribution >= 0.6 is 11.6 Å². The molecule has 0 radical (unpaired) electrons. The lowest BCUT2D eigenvalue weighted by molar-refractivity contribution is -0.125. The van der Waals surface area contributed by atoms with Gasteiger partial charge in [0.15, 0.2) is 0 Å². The second kappa shape index (κ2) is 7.20. The van der Waals surface area contributed by atoms with E-state index in [4.69, 9.17) is 22.1 Å². The van der Waals surface area contributed by atoms with E-state index in [2.05, 4.69) is 11.4 Å². The smallest absolute Gasteiger partial charge is 0.224 e. The van der Waals surface area contributed by atoms with E-state index in [-0.39, 0.29) is 23.3 Å². The molecule has 4 nitrogen and oxygen atoms in total. The van der Waals surface area contributed by atoms with E-state index in [0.717, 1.165) is 42.7 Å². The van der Waals surface area contributed by atoms with Gasteiger partial charge in [-0.2, -0.15) is 0 Å². The first-order chi connectivity index (χ1) is 11.1. The highest BCUT2D eigenvalue weighted by molar-refractivity contribution is 6.31. The number of halogens is 1. The zero-order valence-corrected chi connectivity index (χ0v) is 14.1. The predicted molar refractivity (Wildman–Crippen MR) is 91.5 cm³/mol. The topological polar surface area (TPSA) is 64.4 Å². The van der Waals surface area contributed by atoms with Gasteiger partial charge < -0.3 is 15.8 Å². The number of hydrogen-bond acceptors (Lipinski definition) is 3. The third-order valence-corrected chi connectivity index (χ3v) is 5.73. The average Bonchev–Trinajstić information content (AvgIpc) is 3.00. The van der Waals surface area contributed by atoms with Crippen LogP contribution in [0.4, 0.5) is 0 Å². The van der Waals surface area contributed by atoms with E-state index in [9.17, 15) is 4.79 Å². The minimum absolute atomic E-state index is 0.000882. The Hall–Kier alpha value is -1.10. The summed E-state index contributed by atoms with van der Waals surface area (Å²) in [4.78, 5) is 12.5. The van der Waals surface area contributed by atoms with E-state index in [1.165, 1.54) is 0 Å². The molecule has 23 heavy (non-hydrogen) atoms. The van der Waals surface area contributed by atoms with E-state index in [1.807, 2.05) is 18.2 Å². The van der Waals surface area contributed by atoms with Crippen molar-refractivity contribution in [1.29, 1.82) is 0 Å². The summed E-state index contributed by atoms with van der Waals surface area (Å²) in [6.45, 7) is 2.00. The fourth-order valence-electron chi connectivity index (χ4n) is 3.90. The standard InChI is InChI=1S/C18H25ClN2O2/c19-15-6-2-1-5-14(15)18(8-10-23-11-9-18)12-21-17(22)13-4-3-7-16(13)20/h1-2,5-6,13,16H,3-4,7-12,20H2,(H,21,22)/t13-,16-/m0/s1. The molecular weight excluding hydrogens is 312 g/mol. The van der Waals surface area contributed by atoms with Gasteiger partial charge in [-0.15, -0.1) is 0 Å². The molecule has 1 amide bonds. The van der Waals surface area contributed by atoms with Crippen molar-refractivity contribution in [2.45, 2.75) is 43.6 Å². The molecule has 1 heterocycles. The fourth-order valence-corrected chi connectivity index (χ4v) is 4.23. The summed E-state index contributed by atoms with van der Waals surface area (Å²) < 4.78 is 5.53. The van der Waals surface area contributed by atoms with Gasteiger partial charge in [0.2, 0.25) is 5.91 Å². The molecule has 2 aliphatic rings. The van der Waals surface area contributed by atoms with Crippen molar-refractivity contribution in [3.63, 3.8) is 0 Å². The molecule has 2 atom stereocenters. The van der Waals surface area contributed by atoms with Gasteiger partial charge in [0, 0.05) is 36.2 Å². The number of nitrogens with one attached hydrogen (secondary N) is 1. The van der Waals surface area contributed by atoms with Gasteiger partial charge in [-0.25, -0.2) is 0 Å². The van der Waals surface area contributed by atoms with Crippen molar-refractivity contribution in [1.82, 2.24) is 5.32 Å². The average molecular weight is 337 g/mol. The Labute approximate surface area is 142 Å².